The molecule has 5 atom stereocenters. The third-order valence-electron chi connectivity index (χ3n) is 2.73. The van der Waals surface area contributed by atoms with Gasteiger partial charge in [0.2, 0.25) is 5.91 Å². The first kappa shape index (κ1) is 14.7. The Kier molecular flexibility index (Phi) is 5.21. The highest BCUT2D eigenvalue weighted by Crippen LogP contribution is 2.31. The second kappa shape index (κ2) is 6.01. The van der Waals surface area contributed by atoms with Crippen LogP contribution in [0.15, 0.2) is 0 Å². The predicted molar refractivity (Wildman–Crippen MR) is 63.3 cm³/mol. The lowest BCUT2D eigenvalue weighted by Crippen LogP contribution is -2.61. The van der Waals surface area contributed by atoms with Crippen LogP contribution in [0.3, 0.4) is 0 Å². The summed E-state index contributed by atoms with van der Waals surface area (Å²) >= 11 is 0.941. The van der Waals surface area contributed by atoms with Crippen LogP contribution in [0.1, 0.15) is 13.8 Å². The van der Waals surface area contributed by atoms with E-state index in [1.54, 1.807) is 13.8 Å². The lowest BCUT2D eigenvalue weighted by atomic mass is 10.0. The average Bonchev–Trinajstić information content (AvgIpc) is 2.28. The van der Waals surface area contributed by atoms with Crippen LogP contribution in [0.25, 0.3) is 0 Å². The molecule has 0 aromatic carbocycles. The number of aliphatic hydroxyl groups is 4. The molecule has 0 radical (unpaired) electrons. The topological polar surface area (TPSA) is 110 Å². The molecule has 0 saturated carbocycles. The minimum Gasteiger partial charge on any atom is -0.395 e. The zero-order valence-electron chi connectivity index (χ0n) is 9.78. The van der Waals surface area contributed by atoms with Crippen LogP contribution in [0, 0.1) is 5.92 Å². The highest BCUT2D eigenvalue weighted by atomic mass is 32.2. The zero-order valence-corrected chi connectivity index (χ0v) is 10.6. The van der Waals surface area contributed by atoms with Crippen LogP contribution in [-0.4, -0.2) is 61.9 Å². The van der Waals surface area contributed by atoms with Crippen molar-refractivity contribution in [3.05, 3.63) is 0 Å². The first-order chi connectivity index (χ1) is 7.88. The van der Waals surface area contributed by atoms with E-state index in [9.17, 15) is 20.1 Å². The average molecular weight is 265 g/mol. The first-order valence-corrected chi connectivity index (χ1v) is 6.43. The van der Waals surface area contributed by atoms with Crippen molar-refractivity contribution in [1.82, 2.24) is 5.32 Å². The molecular formula is C10H19NO5S. The SMILES string of the molecule is CC(C)C(=O)NC1C(O)SC(CO)C(O)C1O. The molecule has 0 bridgehead atoms. The molecule has 1 aliphatic heterocycles. The molecular weight excluding hydrogens is 246 g/mol. The summed E-state index contributed by atoms with van der Waals surface area (Å²) < 4.78 is 0. The fourth-order valence-electron chi connectivity index (χ4n) is 1.58. The Morgan fingerprint density at radius 2 is 1.88 bits per heavy atom. The summed E-state index contributed by atoms with van der Waals surface area (Å²) in [7, 11) is 0. The molecule has 1 aliphatic rings. The minimum atomic E-state index is -1.29. The Morgan fingerprint density at radius 3 is 2.35 bits per heavy atom. The van der Waals surface area contributed by atoms with Crippen LogP contribution in [0.5, 0.6) is 0 Å². The number of carbonyl (C=O) groups is 1. The maximum absolute atomic E-state index is 11.5. The molecule has 0 spiro atoms. The van der Waals surface area contributed by atoms with Crippen LogP contribution in [0.2, 0.25) is 0 Å². The van der Waals surface area contributed by atoms with E-state index in [0.29, 0.717) is 0 Å². The van der Waals surface area contributed by atoms with Crippen molar-refractivity contribution < 1.29 is 25.2 Å². The number of hydrogen-bond acceptors (Lipinski definition) is 6. The van der Waals surface area contributed by atoms with Gasteiger partial charge in [-0.3, -0.25) is 4.79 Å². The summed E-state index contributed by atoms with van der Waals surface area (Å²) in [5.41, 5.74) is -1.05. The number of hydrogen-bond donors (Lipinski definition) is 5. The molecule has 1 fully saturated rings. The Labute approximate surface area is 104 Å². The van der Waals surface area contributed by atoms with Gasteiger partial charge in [0, 0.05) is 5.92 Å². The van der Waals surface area contributed by atoms with Gasteiger partial charge in [-0.15, -0.1) is 11.8 Å². The van der Waals surface area contributed by atoms with Crippen LogP contribution in [-0.2, 0) is 4.79 Å². The van der Waals surface area contributed by atoms with Gasteiger partial charge in [0.05, 0.1) is 24.0 Å². The fourth-order valence-corrected chi connectivity index (χ4v) is 2.75. The Morgan fingerprint density at radius 1 is 1.29 bits per heavy atom. The van der Waals surface area contributed by atoms with Gasteiger partial charge < -0.3 is 25.7 Å². The van der Waals surface area contributed by atoms with Crippen molar-refractivity contribution in [2.45, 2.75) is 42.8 Å². The van der Waals surface area contributed by atoms with Gasteiger partial charge in [0.25, 0.3) is 0 Å². The normalized spacial score (nSPS) is 38.2. The van der Waals surface area contributed by atoms with E-state index < -0.39 is 28.9 Å². The minimum absolute atomic E-state index is 0.271. The molecule has 1 heterocycles. The number of thioether (sulfide) groups is 1. The Hall–Kier alpha value is -0.340. The van der Waals surface area contributed by atoms with E-state index >= 15 is 0 Å². The quantitative estimate of drug-likeness (QED) is 0.415. The molecule has 1 saturated heterocycles. The van der Waals surface area contributed by atoms with Gasteiger partial charge in [0.1, 0.15) is 11.5 Å². The molecule has 17 heavy (non-hydrogen) atoms. The lowest BCUT2D eigenvalue weighted by molar-refractivity contribution is -0.127. The summed E-state index contributed by atoms with van der Waals surface area (Å²) in [5.74, 6) is -0.574. The van der Waals surface area contributed by atoms with Gasteiger partial charge in [-0.05, 0) is 0 Å². The number of carbonyl (C=O) groups excluding carboxylic acids is 1. The van der Waals surface area contributed by atoms with Gasteiger partial charge in [-0.2, -0.15) is 0 Å². The molecule has 7 heteroatoms. The molecule has 5 N–H and O–H groups in total. The Bertz CT molecular complexity index is 275. The van der Waals surface area contributed by atoms with Crippen molar-refractivity contribution in [3.8, 4) is 0 Å². The van der Waals surface area contributed by atoms with Gasteiger partial charge >= 0.3 is 0 Å². The van der Waals surface area contributed by atoms with Crippen LogP contribution < -0.4 is 5.32 Å². The number of amides is 1. The first-order valence-electron chi connectivity index (χ1n) is 5.49. The monoisotopic (exact) mass is 265 g/mol. The molecule has 0 aromatic heterocycles. The van der Waals surface area contributed by atoms with Crippen molar-refractivity contribution in [1.29, 1.82) is 0 Å². The second-order valence-electron chi connectivity index (χ2n) is 4.42. The van der Waals surface area contributed by atoms with Gasteiger partial charge in [-0.25, -0.2) is 0 Å². The summed E-state index contributed by atoms with van der Waals surface area (Å²) in [4.78, 5) is 11.5. The summed E-state index contributed by atoms with van der Waals surface area (Å²) in [6, 6.07) is -0.923. The highest BCUT2D eigenvalue weighted by Gasteiger charge is 2.43. The molecule has 0 aromatic rings. The smallest absolute Gasteiger partial charge is 0.222 e. The maximum atomic E-state index is 11.5. The van der Waals surface area contributed by atoms with Crippen LogP contribution in [0.4, 0.5) is 0 Å². The van der Waals surface area contributed by atoms with E-state index in [-0.39, 0.29) is 18.4 Å². The lowest BCUT2D eigenvalue weighted by Gasteiger charge is -2.40. The number of nitrogens with one attached hydrogen (secondary N) is 1. The van der Waals surface area contributed by atoms with E-state index in [2.05, 4.69) is 5.32 Å². The van der Waals surface area contributed by atoms with Crippen molar-refractivity contribution >= 4 is 17.7 Å². The molecule has 1 rings (SSSR count). The molecule has 100 valence electrons. The van der Waals surface area contributed by atoms with Crippen molar-refractivity contribution in [2.75, 3.05) is 6.61 Å². The molecule has 0 aliphatic carbocycles. The van der Waals surface area contributed by atoms with E-state index in [1.807, 2.05) is 0 Å². The second-order valence-corrected chi connectivity index (χ2v) is 5.78. The Balaban J connectivity index is 2.69. The van der Waals surface area contributed by atoms with Gasteiger partial charge in [-0.1, -0.05) is 13.8 Å². The van der Waals surface area contributed by atoms with Gasteiger partial charge in [0.15, 0.2) is 0 Å². The number of aliphatic hydroxyl groups excluding tert-OH is 4. The summed E-state index contributed by atoms with van der Waals surface area (Å²) in [5, 5.41) is 40.0. The van der Waals surface area contributed by atoms with Crippen LogP contribution >= 0.6 is 11.8 Å². The van der Waals surface area contributed by atoms with E-state index in [0.717, 1.165) is 11.8 Å². The summed E-state index contributed by atoms with van der Waals surface area (Å²) in [6.07, 6.45) is -2.46. The van der Waals surface area contributed by atoms with E-state index in [1.165, 1.54) is 0 Å². The standard InChI is InChI=1S/C10H19NO5S/c1-4(2)9(15)11-6-8(14)7(13)5(3-12)17-10(6)16/h4-8,10,12-14,16H,3H2,1-2H3,(H,11,15). The van der Waals surface area contributed by atoms with Crippen molar-refractivity contribution in [3.63, 3.8) is 0 Å². The molecule has 5 unspecified atom stereocenters. The highest BCUT2D eigenvalue weighted by molar-refractivity contribution is 8.00. The zero-order chi connectivity index (χ0) is 13.2. The van der Waals surface area contributed by atoms with Crippen molar-refractivity contribution in [2.24, 2.45) is 5.92 Å². The number of rotatable bonds is 3. The third kappa shape index (κ3) is 3.32. The maximum Gasteiger partial charge on any atom is 0.222 e. The summed E-state index contributed by atoms with van der Waals surface area (Å²) in [6.45, 7) is 3.04. The largest absolute Gasteiger partial charge is 0.395 e. The third-order valence-corrected chi connectivity index (χ3v) is 4.08. The molecule has 1 amide bonds. The fraction of sp³-hybridized carbons (Fsp3) is 0.900. The molecule has 6 nitrogen and oxygen atoms in total. The van der Waals surface area contributed by atoms with E-state index in [4.69, 9.17) is 5.11 Å². The predicted octanol–water partition coefficient (Wildman–Crippen LogP) is -1.72.